The zero-order chi connectivity index (χ0) is 21.7. The van der Waals surface area contributed by atoms with Crippen molar-refractivity contribution in [1.82, 2.24) is 14.9 Å². The van der Waals surface area contributed by atoms with E-state index in [4.69, 9.17) is 0 Å². The number of fused-ring (bicyclic) bond motifs is 2. The number of rotatable bonds is 3. The van der Waals surface area contributed by atoms with Gasteiger partial charge in [-0.1, -0.05) is 0 Å². The molecular weight excluding hydrogens is 406 g/mol. The van der Waals surface area contributed by atoms with E-state index in [1.165, 1.54) is 4.90 Å². The Morgan fingerprint density at radius 2 is 1.93 bits per heavy atom. The summed E-state index contributed by atoms with van der Waals surface area (Å²) in [6.45, 7) is -0.365. The molecule has 0 saturated heterocycles. The van der Waals surface area contributed by atoms with E-state index in [-0.39, 0.29) is 30.2 Å². The lowest BCUT2D eigenvalue weighted by atomic mass is 9.81. The smallest absolute Gasteiger partial charge is 0.328 e. The van der Waals surface area contributed by atoms with Crippen LogP contribution < -0.4 is 5.32 Å². The SMILES string of the molecule is N#Cc1c(C(F)(F)F)ccc2c1C1(CC1)CN(CC(=O)Nc1ncc(F)cn1)C2=O. The molecule has 2 aromatic rings. The molecule has 2 aliphatic rings. The number of aromatic nitrogens is 2. The van der Waals surface area contributed by atoms with Gasteiger partial charge in [-0.15, -0.1) is 0 Å². The minimum Gasteiger partial charge on any atom is -0.328 e. The van der Waals surface area contributed by atoms with Crippen LogP contribution in [-0.2, 0) is 16.4 Å². The van der Waals surface area contributed by atoms with Crippen molar-refractivity contribution in [3.8, 4) is 6.07 Å². The third-order valence-electron chi connectivity index (χ3n) is 5.22. The van der Waals surface area contributed by atoms with Crippen LogP contribution in [0.15, 0.2) is 24.5 Å². The first-order chi connectivity index (χ1) is 14.1. The third-order valence-corrected chi connectivity index (χ3v) is 5.22. The summed E-state index contributed by atoms with van der Waals surface area (Å²) in [4.78, 5) is 33.6. The van der Waals surface area contributed by atoms with Gasteiger partial charge in [-0.3, -0.25) is 14.9 Å². The molecule has 11 heteroatoms. The van der Waals surface area contributed by atoms with Crippen molar-refractivity contribution in [1.29, 1.82) is 5.26 Å². The molecular formula is C19H13F4N5O2. The van der Waals surface area contributed by atoms with E-state index in [2.05, 4.69) is 15.3 Å². The molecule has 1 N–H and O–H groups in total. The van der Waals surface area contributed by atoms with Crippen LogP contribution in [0, 0.1) is 17.1 Å². The van der Waals surface area contributed by atoms with Gasteiger partial charge in [0.2, 0.25) is 11.9 Å². The Balaban J connectivity index is 1.62. The van der Waals surface area contributed by atoms with Gasteiger partial charge in [0, 0.05) is 17.5 Å². The summed E-state index contributed by atoms with van der Waals surface area (Å²) in [5.41, 5.74) is -2.27. The molecule has 0 bridgehead atoms. The van der Waals surface area contributed by atoms with Crippen LogP contribution in [0.25, 0.3) is 0 Å². The van der Waals surface area contributed by atoms with Crippen molar-refractivity contribution in [2.75, 3.05) is 18.4 Å². The third kappa shape index (κ3) is 3.34. The second kappa shape index (κ2) is 6.76. The number of amides is 2. The highest BCUT2D eigenvalue weighted by Crippen LogP contribution is 2.54. The first-order valence-corrected chi connectivity index (χ1v) is 8.86. The van der Waals surface area contributed by atoms with Crippen LogP contribution in [0.2, 0.25) is 0 Å². The average Bonchev–Trinajstić information content (AvgIpc) is 3.46. The average molecular weight is 419 g/mol. The molecule has 4 rings (SSSR count). The fraction of sp³-hybridized carbons (Fsp3) is 0.316. The molecule has 1 aromatic carbocycles. The minimum absolute atomic E-state index is 0.00543. The zero-order valence-electron chi connectivity index (χ0n) is 15.3. The first kappa shape index (κ1) is 19.8. The van der Waals surface area contributed by atoms with E-state index < -0.39 is 40.3 Å². The fourth-order valence-electron chi connectivity index (χ4n) is 3.77. The standard InChI is InChI=1S/C19H13F4N5O2/c20-10-6-25-17(26-7-10)27-14(29)8-28-9-18(3-4-18)15-11(16(28)30)1-2-13(12(15)5-24)19(21,22)23/h1-2,6-7H,3-4,8-9H2,(H,25,26,27,29). The summed E-state index contributed by atoms with van der Waals surface area (Å²) >= 11 is 0. The molecule has 1 saturated carbocycles. The Labute approximate surface area is 167 Å². The summed E-state index contributed by atoms with van der Waals surface area (Å²) in [7, 11) is 0. The Bertz CT molecular complexity index is 1090. The highest BCUT2D eigenvalue weighted by Gasteiger charge is 2.54. The van der Waals surface area contributed by atoms with E-state index in [0.717, 1.165) is 24.5 Å². The Morgan fingerprint density at radius 3 is 2.50 bits per heavy atom. The number of nitrogens with one attached hydrogen (secondary N) is 1. The molecule has 1 aromatic heterocycles. The van der Waals surface area contributed by atoms with E-state index >= 15 is 0 Å². The zero-order valence-corrected chi connectivity index (χ0v) is 15.3. The van der Waals surface area contributed by atoms with E-state index in [9.17, 15) is 32.4 Å². The van der Waals surface area contributed by atoms with Crippen LogP contribution in [0.1, 0.15) is 39.9 Å². The number of anilines is 1. The summed E-state index contributed by atoms with van der Waals surface area (Å²) in [6.07, 6.45) is -1.98. The van der Waals surface area contributed by atoms with Crippen molar-refractivity contribution < 1.29 is 27.2 Å². The summed E-state index contributed by atoms with van der Waals surface area (Å²) < 4.78 is 52.8. The number of halogens is 4. The van der Waals surface area contributed by atoms with Crippen molar-refractivity contribution in [2.24, 2.45) is 0 Å². The number of nitriles is 1. The number of hydrogen-bond donors (Lipinski definition) is 1. The highest BCUT2D eigenvalue weighted by molar-refractivity contribution is 6.02. The van der Waals surface area contributed by atoms with Gasteiger partial charge >= 0.3 is 6.18 Å². The molecule has 1 aliphatic heterocycles. The second-order valence-electron chi connectivity index (χ2n) is 7.23. The van der Waals surface area contributed by atoms with Gasteiger partial charge in [-0.2, -0.15) is 18.4 Å². The topological polar surface area (TPSA) is 99.0 Å². The molecule has 2 amide bonds. The number of carbonyl (C=O) groups excluding carboxylic acids is 2. The molecule has 1 fully saturated rings. The van der Waals surface area contributed by atoms with Gasteiger partial charge in [0.15, 0.2) is 5.82 Å². The molecule has 0 atom stereocenters. The quantitative estimate of drug-likeness (QED) is 0.772. The molecule has 2 heterocycles. The number of benzene rings is 1. The maximum Gasteiger partial charge on any atom is 0.417 e. The summed E-state index contributed by atoms with van der Waals surface area (Å²) in [5.74, 6) is -2.10. The molecule has 0 unspecified atom stereocenters. The Morgan fingerprint density at radius 1 is 1.27 bits per heavy atom. The van der Waals surface area contributed by atoms with Crippen LogP contribution in [-0.4, -0.2) is 39.8 Å². The predicted molar refractivity (Wildman–Crippen MR) is 93.6 cm³/mol. The van der Waals surface area contributed by atoms with Crippen molar-refractivity contribution in [3.63, 3.8) is 0 Å². The molecule has 1 aliphatic carbocycles. The lowest BCUT2D eigenvalue weighted by Gasteiger charge is -2.35. The second-order valence-corrected chi connectivity index (χ2v) is 7.23. The first-order valence-electron chi connectivity index (χ1n) is 8.86. The van der Waals surface area contributed by atoms with Crippen LogP contribution in [0.4, 0.5) is 23.5 Å². The van der Waals surface area contributed by atoms with Gasteiger partial charge in [0.25, 0.3) is 5.91 Å². The van der Waals surface area contributed by atoms with Gasteiger partial charge in [0.1, 0.15) is 12.6 Å². The van der Waals surface area contributed by atoms with E-state index in [1.807, 2.05) is 0 Å². The predicted octanol–water partition coefficient (Wildman–Crippen LogP) is 2.63. The highest BCUT2D eigenvalue weighted by atomic mass is 19.4. The lowest BCUT2D eigenvalue weighted by Crippen LogP contribution is -2.47. The molecule has 0 radical (unpaired) electrons. The lowest BCUT2D eigenvalue weighted by molar-refractivity contribution is -0.137. The number of alkyl halides is 3. The van der Waals surface area contributed by atoms with Gasteiger partial charge in [0.05, 0.1) is 23.5 Å². The molecule has 30 heavy (non-hydrogen) atoms. The van der Waals surface area contributed by atoms with E-state index in [1.54, 1.807) is 6.07 Å². The minimum atomic E-state index is -4.72. The van der Waals surface area contributed by atoms with E-state index in [0.29, 0.717) is 12.8 Å². The van der Waals surface area contributed by atoms with Gasteiger partial charge in [-0.05, 0) is 30.5 Å². The largest absolute Gasteiger partial charge is 0.417 e. The maximum absolute atomic E-state index is 13.3. The maximum atomic E-state index is 13.3. The van der Waals surface area contributed by atoms with Gasteiger partial charge < -0.3 is 4.90 Å². The number of hydrogen-bond acceptors (Lipinski definition) is 5. The van der Waals surface area contributed by atoms with Crippen LogP contribution in [0.5, 0.6) is 0 Å². The number of nitrogens with zero attached hydrogens (tertiary/aromatic N) is 4. The van der Waals surface area contributed by atoms with Crippen molar-refractivity contribution in [2.45, 2.75) is 24.4 Å². The Hall–Kier alpha value is -3.55. The monoisotopic (exact) mass is 419 g/mol. The van der Waals surface area contributed by atoms with Crippen molar-refractivity contribution in [3.05, 3.63) is 52.6 Å². The number of carbonyl (C=O) groups is 2. The van der Waals surface area contributed by atoms with Crippen LogP contribution >= 0.6 is 0 Å². The summed E-state index contributed by atoms with van der Waals surface area (Å²) in [6, 6.07) is 3.41. The normalized spacial score (nSPS) is 16.8. The van der Waals surface area contributed by atoms with Crippen molar-refractivity contribution >= 4 is 17.8 Å². The molecule has 154 valence electrons. The summed E-state index contributed by atoms with van der Waals surface area (Å²) in [5, 5.41) is 11.7. The molecule has 1 spiro atoms. The van der Waals surface area contributed by atoms with Gasteiger partial charge in [-0.25, -0.2) is 14.4 Å². The van der Waals surface area contributed by atoms with Crippen LogP contribution in [0.3, 0.4) is 0 Å². The fourth-order valence-corrected chi connectivity index (χ4v) is 3.77. The Kier molecular flexibility index (Phi) is 4.45. The molecule has 7 nitrogen and oxygen atoms in total.